The number of hydrogen-bond donors (Lipinski definition) is 1. The first kappa shape index (κ1) is 15.0. The minimum Gasteiger partial charge on any atom is -0.363 e. The van der Waals surface area contributed by atoms with Crippen molar-refractivity contribution in [3.8, 4) is 0 Å². The van der Waals surface area contributed by atoms with Crippen LogP contribution in [0.4, 0.5) is 10.2 Å². The molecule has 0 atom stereocenters. The van der Waals surface area contributed by atoms with Gasteiger partial charge in [0.05, 0.1) is 5.56 Å². The van der Waals surface area contributed by atoms with Gasteiger partial charge in [0.2, 0.25) is 0 Å². The molecule has 1 amide bonds. The van der Waals surface area contributed by atoms with Gasteiger partial charge in [-0.3, -0.25) is 4.79 Å². The highest BCUT2D eigenvalue weighted by Crippen LogP contribution is 2.08. The summed E-state index contributed by atoms with van der Waals surface area (Å²) < 4.78 is 12.8. The number of amides is 1. The zero-order chi connectivity index (χ0) is 15.2. The third-order valence-corrected chi connectivity index (χ3v) is 3.08. The fraction of sp³-hybridized carbons (Fsp3) is 0.250. The maximum atomic E-state index is 12.8. The van der Waals surface area contributed by atoms with E-state index in [1.165, 1.54) is 12.1 Å². The van der Waals surface area contributed by atoms with Gasteiger partial charge in [0.1, 0.15) is 11.6 Å². The van der Waals surface area contributed by atoms with E-state index in [4.69, 9.17) is 0 Å². The average Bonchev–Trinajstić information content (AvgIpc) is 2.49. The largest absolute Gasteiger partial charge is 0.363 e. The third kappa shape index (κ3) is 4.27. The Morgan fingerprint density at radius 2 is 1.90 bits per heavy atom. The fourth-order valence-electron chi connectivity index (χ4n) is 1.86. The smallest absolute Gasteiger partial charge is 0.252 e. The van der Waals surface area contributed by atoms with Crippen molar-refractivity contribution in [2.75, 3.05) is 25.5 Å². The first-order valence-corrected chi connectivity index (χ1v) is 6.72. The molecule has 110 valence electrons. The van der Waals surface area contributed by atoms with Gasteiger partial charge in [-0.2, -0.15) is 0 Å². The SMILES string of the molecule is CN(C)c1ccc(C(=O)NCCc2ccc(F)cc2)cn1. The van der Waals surface area contributed by atoms with Gasteiger partial charge in [-0.05, 0) is 36.2 Å². The molecule has 0 saturated heterocycles. The molecule has 4 nitrogen and oxygen atoms in total. The van der Waals surface area contributed by atoms with Crippen molar-refractivity contribution in [3.63, 3.8) is 0 Å². The molecule has 1 aromatic heterocycles. The first-order valence-electron chi connectivity index (χ1n) is 6.72. The molecule has 2 aromatic rings. The number of halogens is 1. The van der Waals surface area contributed by atoms with Crippen LogP contribution in [-0.2, 0) is 6.42 Å². The molecule has 2 rings (SSSR count). The maximum Gasteiger partial charge on any atom is 0.252 e. The van der Waals surface area contributed by atoms with Crippen LogP contribution < -0.4 is 10.2 Å². The lowest BCUT2D eigenvalue weighted by atomic mass is 10.1. The summed E-state index contributed by atoms with van der Waals surface area (Å²) in [7, 11) is 3.79. The molecule has 0 aliphatic carbocycles. The Morgan fingerprint density at radius 3 is 2.48 bits per heavy atom. The highest BCUT2D eigenvalue weighted by Gasteiger charge is 2.06. The Bertz CT molecular complexity index is 594. The summed E-state index contributed by atoms with van der Waals surface area (Å²) in [6.45, 7) is 0.500. The highest BCUT2D eigenvalue weighted by atomic mass is 19.1. The van der Waals surface area contributed by atoms with Gasteiger partial charge in [0, 0.05) is 26.8 Å². The van der Waals surface area contributed by atoms with Crippen molar-refractivity contribution in [3.05, 3.63) is 59.5 Å². The fourth-order valence-corrected chi connectivity index (χ4v) is 1.86. The van der Waals surface area contributed by atoms with Gasteiger partial charge >= 0.3 is 0 Å². The van der Waals surface area contributed by atoms with Crippen molar-refractivity contribution >= 4 is 11.7 Å². The second-order valence-electron chi connectivity index (χ2n) is 4.93. The van der Waals surface area contributed by atoms with Crippen LogP contribution in [0.15, 0.2) is 42.6 Å². The Balaban J connectivity index is 1.85. The number of nitrogens with zero attached hydrogens (tertiary/aromatic N) is 2. The second kappa shape index (κ2) is 6.83. The molecule has 0 aliphatic rings. The van der Waals surface area contributed by atoms with E-state index in [1.54, 1.807) is 30.5 Å². The van der Waals surface area contributed by atoms with Crippen LogP contribution in [0.5, 0.6) is 0 Å². The Labute approximate surface area is 123 Å². The molecule has 0 saturated carbocycles. The number of hydrogen-bond acceptors (Lipinski definition) is 3. The van der Waals surface area contributed by atoms with Crippen LogP contribution in [0.3, 0.4) is 0 Å². The summed E-state index contributed by atoms with van der Waals surface area (Å²) in [5, 5.41) is 2.82. The molecule has 0 spiro atoms. The Morgan fingerprint density at radius 1 is 1.19 bits per heavy atom. The molecule has 0 aliphatic heterocycles. The van der Waals surface area contributed by atoms with Gasteiger partial charge in [-0.15, -0.1) is 0 Å². The van der Waals surface area contributed by atoms with Crippen LogP contribution in [0.1, 0.15) is 15.9 Å². The van der Waals surface area contributed by atoms with E-state index in [9.17, 15) is 9.18 Å². The molecule has 1 aromatic carbocycles. The topological polar surface area (TPSA) is 45.2 Å². The van der Waals surface area contributed by atoms with E-state index in [0.717, 1.165) is 11.4 Å². The van der Waals surface area contributed by atoms with Crippen molar-refractivity contribution in [1.82, 2.24) is 10.3 Å². The van der Waals surface area contributed by atoms with E-state index in [0.29, 0.717) is 18.5 Å². The first-order chi connectivity index (χ1) is 10.1. The molecule has 0 unspecified atom stereocenters. The lowest BCUT2D eigenvalue weighted by molar-refractivity contribution is 0.0954. The van der Waals surface area contributed by atoms with Crippen LogP contribution in [0.25, 0.3) is 0 Å². The van der Waals surface area contributed by atoms with Gasteiger partial charge in [0.15, 0.2) is 0 Å². The summed E-state index contributed by atoms with van der Waals surface area (Å²) in [4.78, 5) is 18.0. The molecule has 0 radical (unpaired) electrons. The summed E-state index contributed by atoms with van der Waals surface area (Å²) in [5.74, 6) is 0.391. The predicted octanol–water partition coefficient (Wildman–Crippen LogP) is 2.26. The number of carbonyl (C=O) groups excluding carboxylic acids is 1. The highest BCUT2D eigenvalue weighted by molar-refractivity contribution is 5.94. The van der Waals surface area contributed by atoms with Crippen LogP contribution in [-0.4, -0.2) is 31.5 Å². The summed E-state index contributed by atoms with van der Waals surface area (Å²) in [6, 6.07) is 9.82. The number of benzene rings is 1. The maximum absolute atomic E-state index is 12.8. The van der Waals surface area contributed by atoms with Gasteiger partial charge < -0.3 is 10.2 Å². The summed E-state index contributed by atoms with van der Waals surface area (Å²) >= 11 is 0. The Hall–Kier alpha value is -2.43. The standard InChI is InChI=1S/C16H18FN3O/c1-20(2)15-8-5-13(11-19-15)16(21)18-10-9-12-3-6-14(17)7-4-12/h3-8,11H,9-10H2,1-2H3,(H,18,21). The Kier molecular flexibility index (Phi) is 4.87. The van der Waals surface area contributed by atoms with Gasteiger partial charge in [-0.25, -0.2) is 9.37 Å². The third-order valence-electron chi connectivity index (χ3n) is 3.08. The number of carbonyl (C=O) groups is 1. The molecular formula is C16H18FN3O. The minimum atomic E-state index is -0.255. The van der Waals surface area contributed by atoms with Gasteiger partial charge in [-0.1, -0.05) is 12.1 Å². The van der Waals surface area contributed by atoms with Crippen LogP contribution >= 0.6 is 0 Å². The molecule has 5 heteroatoms. The zero-order valence-corrected chi connectivity index (χ0v) is 12.1. The summed E-state index contributed by atoms with van der Waals surface area (Å²) in [5.41, 5.74) is 1.51. The van der Waals surface area contributed by atoms with E-state index in [-0.39, 0.29) is 11.7 Å². The van der Waals surface area contributed by atoms with Crippen LogP contribution in [0.2, 0.25) is 0 Å². The molecule has 0 fully saturated rings. The minimum absolute atomic E-state index is 0.157. The predicted molar refractivity (Wildman–Crippen MR) is 81.0 cm³/mol. The van der Waals surface area contributed by atoms with E-state index in [2.05, 4.69) is 10.3 Å². The van der Waals surface area contributed by atoms with Gasteiger partial charge in [0.25, 0.3) is 5.91 Å². The average molecular weight is 287 g/mol. The molecule has 1 heterocycles. The molecule has 1 N–H and O–H groups in total. The van der Waals surface area contributed by atoms with Crippen molar-refractivity contribution in [2.24, 2.45) is 0 Å². The zero-order valence-electron chi connectivity index (χ0n) is 12.1. The number of pyridine rings is 1. The van der Waals surface area contributed by atoms with E-state index < -0.39 is 0 Å². The summed E-state index contributed by atoms with van der Waals surface area (Å²) in [6.07, 6.45) is 2.22. The monoisotopic (exact) mass is 287 g/mol. The quantitative estimate of drug-likeness (QED) is 0.917. The van der Waals surface area contributed by atoms with E-state index in [1.807, 2.05) is 19.0 Å². The number of nitrogens with one attached hydrogen (secondary N) is 1. The van der Waals surface area contributed by atoms with Crippen molar-refractivity contribution in [1.29, 1.82) is 0 Å². The molecule has 21 heavy (non-hydrogen) atoms. The lowest BCUT2D eigenvalue weighted by Gasteiger charge is -2.11. The lowest BCUT2D eigenvalue weighted by Crippen LogP contribution is -2.26. The molecule has 0 bridgehead atoms. The van der Waals surface area contributed by atoms with Crippen LogP contribution in [0, 0.1) is 5.82 Å². The van der Waals surface area contributed by atoms with Crippen molar-refractivity contribution in [2.45, 2.75) is 6.42 Å². The van der Waals surface area contributed by atoms with Crippen molar-refractivity contribution < 1.29 is 9.18 Å². The number of rotatable bonds is 5. The normalized spacial score (nSPS) is 10.2. The number of aromatic nitrogens is 1. The second-order valence-corrected chi connectivity index (χ2v) is 4.93. The number of anilines is 1. The molecular weight excluding hydrogens is 269 g/mol. The van der Waals surface area contributed by atoms with E-state index >= 15 is 0 Å².